The number of ether oxygens (including phenoxy) is 3. The number of carbonyl (C=O) groups excluding carboxylic acids is 2. The van der Waals surface area contributed by atoms with Crippen LogP contribution >= 0.6 is 11.3 Å². The Kier molecular flexibility index (Phi) is 7.02. The van der Waals surface area contributed by atoms with E-state index in [1.807, 2.05) is 0 Å². The van der Waals surface area contributed by atoms with Gasteiger partial charge in [0, 0.05) is 13.0 Å². The zero-order valence-corrected chi connectivity index (χ0v) is 20.5. The Balaban J connectivity index is 1.95. The molecule has 0 aliphatic carbocycles. The number of esters is 2. The Bertz CT molecular complexity index is 1480. The molecule has 1 aliphatic rings. The molecule has 0 amide bonds. The number of carbonyl (C=O) groups is 2. The summed E-state index contributed by atoms with van der Waals surface area (Å²) in [4.78, 5) is 43.1. The summed E-state index contributed by atoms with van der Waals surface area (Å²) in [5.74, 6) is 0.0219. The molecule has 3 aromatic rings. The highest BCUT2D eigenvalue weighted by Crippen LogP contribution is 2.36. The van der Waals surface area contributed by atoms with E-state index in [2.05, 4.69) is 4.99 Å². The maximum atomic E-state index is 13.5. The molecule has 0 unspecified atom stereocenters. The lowest BCUT2D eigenvalue weighted by atomic mass is 9.95. The minimum Gasteiger partial charge on any atom is -0.490 e. The molecule has 2 aromatic heterocycles. The first-order chi connectivity index (χ1) is 16.8. The number of thiazole rings is 1. The number of benzene rings is 1. The minimum absolute atomic E-state index is 0.167. The van der Waals surface area contributed by atoms with Gasteiger partial charge in [0.15, 0.2) is 16.3 Å². The van der Waals surface area contributed by atoms with Crippen molar-refractivity contribution < 1.29 is 28.2 Å². The fourth-order valence-corrected chi connectivity index (χ4v) is 4.84. The Morgan fingerprint density at radius 2 is 2.00 bits per heavy atom. The van der Waals surface area contributed by atoms with Crippen LogP contribution in [0, 0.1) is 0 Å². The number of hydrogen-bond acceptors (Lipinski definition) is 9. The molecule has 0 bridgehead atoms. The lowest BCUT2D eigenvalue weighted by molar-refractivity contribution is -0.139. The van der Waals surface area contributed by atoms with E-state index in [9.17, 15) is 14.4 Å². The first-order valence-corrected chi connectivity index (χ1v) is 11.8. The van der Waals surface area contributed by atoms with Crippen LogP contribution in [-0.2, 0) is 14.3 Å². The van der Waals surface area contributed by atoms with Gasteiger partial charge in [-0.1, -0.05) is 17.4 Å². The highest BCUT2D eigenvalue weighted by molar-refractivity contribution is 7.07. The van der Waals surface area contributed by atoms with Gasteiger partial charge >= 0.3 is 11.9 Å². The topological polar surface area (TPSA) is 109 Å². The maximum absolute atomic E-state index is 13.5. The van der Waals surface area contributed by atoms with Crippen molar-refractivity contribution in [2.24, 2.45) is 4.99 Å². The maximum Gasteiger partial charge on any atom is 0.338 e. The molecule has 1 aliphatic heterocycles. The fourth-order valence-electron chi connectivity index (χ4n) is 3.81. The third kappa shape index (κ3) is 4.83. The zero-order valence-electron chi connectivity index (χ0n) is 19.7. The first-order valence-electron chi connectivity index (χ1n) is 11.0. The molecular formula is C25H24N2O7S. The minimum atomic E-state index is -0.824. The summed E-state index contributed by atoms with van der Waals surface area (Å²) in [6.45, 7) is 7.01. The van der Waals surface area contributed by atoms with Gasteiger partial charge < -0.3 is 18.6 Å². The van der Waals surface area contributed by atoms with E-state index in [1.54, 1.807) is 57.2 Å². The average molecular weight is 497 g/mol. The van der Waals surface area contributed by atoms with E-state index in [4.69, 9.17) is 18.6 Å². The summed E-state index contributed by atoms with van der Waals surface area (Å²) in [7, 11) is 0. The van der Waals surface area contributed by atoms with E-state index in [1.165, 1.54) is 29.1 Å². The summed E-state index contributed by atoms with van der Waals surface area (Å²) in [5.41, 5.74) is 0.937. The predicted octanol–water partition coefficient (Wildman–Crippen LogP) is 2.72. The molecule has 0 N–H and O–H groups in total. The summed E-state index contributed by atoms with van der Waals surface area (Å²) in [5, 5.41) is 0. The van der Waals surface area contributed by atoms with Crippen LogP contribution in [0.3, 0.4) is 0 Å². The summed E-state index contributed by atoms with van der Waals surface area (Å²) in [6, 6.07) is 7.58. The van der Waals surface area contributed by atoms with E-state index in [0.29, 0.717) is 38.7 Å². The lowest BCUT2D eigenvalue weighted by Gasteiger charge is -2.25. The normalized spacial score (nSPS) is 15.4. The van der Waals surface area contributed by atoms with Crippen molar-refractivity contribution in [1.82, 2.24) is 4.57 Å². The standard InChI is InChI=1S/C25H24N2O7S/c1-5-31-19-12-16(9-10-18(19)34-15(4)28)22-21(24(30)32-6-2)14(3)26-25-27(22)23(29)20(35-25)13-17-8-7-11-33-17/h7-13,22H,5-6H2,1-4H3/b20-13-/t22-/m0/s1. The number of fused-ring (bicyclic) bond motifs is 1. The van der Waals surface area contributed by atoms with Crippen LogP contribution in [-0.4, -0.2) is 29.7 Å². The van der Waals surface area contributed by atoms with Crippen molar-refractivity contribution in [3.05, 3.63) is 78.9 Å². The van der Waals surface area contributed by atoms with Crippen molar-refractivity contribution in [3.63, 3.8) is 0 Å². The summed E-state index contributed by atoms with van der Waals surface area (Å²) >= 11 is 1.20. The Hall–Kier alpha value is -3.92. The Morgan fingerprint density at radius 1 is 1.20 bits per heavy atom. The SMILES string of the molecule is CCOC(=O)C1=C(C)N=c2s/c(=C\c3ccco3)c(=O)n2[C@H]1c1ccc(OC(C)=O)c(OCC)c1. The van der Waals surface area contributed by atoms with Crippen molar-refractivity contribution in [2.45, 2.75) is 33.7 Å². The third-order valence-corrected chi connectivity index (χ3v) is 6.15. The van der Waals surface area contributed by atoms with Gasteiger partial charge in [-0.25, -0.2) is 9.79 Å². The lowest BCUT2D eigenvalue weighted by Crippen LogP contribution is -2.40. The number of furan rings is 1. The first kappa shape index (κ1) is 24.2. The van der Waals surface area contributed by atoms with Gasteiger partial charge in [-0.15, -0.1) is 0 Å². The molecule has 10 heteroatoms. The number of rotatable bonds is 7. The average Bonchev–Trinajstić information content (AvgIpc) is 3.42. The molecule has 0 spiro atoms. The fraction of sp³-hybridized carbons (Fsp3) is 0.280. The van der Waals surface area contributed by atoms with Crippen LogP contribution in [0.25, 0.3) is 6.08 Å². The Morgan fingerprint density at radius 3 is 2.66 bits per heavy atom. The van der Waals surface area contributed by atoms with Crippen LogP contribution in [0.5, 0.6) is 11.5 Å². The molecule has 9 nitrogen and oxygen atoms in total. The second-order valence-corrected chi connectivity index (χ2v) is 8.56. The van der Waals surface area contributed by atoms with Gasteiger partial charge in [0.1, 0.15) is 5.76 Å². The van der Waals surface area contributed by atoms with Crippen LogP contribution in [0.4, 0.5) is 0 Å². The highest BCUT2D eigenvalue weighted by atomic mass is 32.1. The largest absolute Gasteiger partial charge is 0.490 e. The molecule has 1 atom stereocenters. The van der Waals surface area contributed by atoms with Gasteiger partial charge in [-0.3, -0.25) is 14.2 Å². The van der Waals surface area contributed by atoms with Crippen LogP contribution in [0.2, 0.25) is 0 Å². The molecule has 182 valence electrons. The Labute approximate surface area is 204 Å². The molecule has 0 fully saturated rings. The predicted molar refractivity (Wildman–Crippen MR) is 128 cm³/mol. The smallest absolute Gasteiger partial charge is 0.338 e. The zero-order chi connectivity index (χ0) is 25.1. The second-order valence-electron chi connectivity index (χ2n) is 7.55. The monoisotopic (exact) mass is 496 g/mol. The number of hydrogen-bond donors (Lipinski definition) is 0. The third-order valence-electron chi connectivity index (χ3n) is 5.17. The summed E-state index contributed by atoms with van der Waals surface area (Å²) in [6.07, 6.45) is 3.16. The van der Waals surface area contributed by atoms with Gasteiger partial charge in [0.05, 0.1) is 41.3 Å². The second kappa shape index (κ2) is 10.1. The summed E-state index contributed by atoms with van der Waals surface area (Å²) < 4.78 is 23.5. The van der Waals surface area contributed by atoms with Crippen molar-refractivity contribution in [1.29, 1.82) is 0 Å². The van der Waals surface area contributed by atoms with Crippen LogP contribution in [0.1, 0.15) is 45.1 Å². The van der Waals surface area contributed by atoms with Crippen LogP contribution < -0.4 is 24.4 Å². The molecule has 0 saturated heterocycles. The van der Waals surface area contributed by atoms with E-state index in [0.717, 1.165) is 0 Å². The van der Waals surface area contributed by atoms with E-state index in [-0.39, 0.29) is 23.5 Å². The number of allylic oxidation sites excluding steroid dienone is 1. The molecule has 1 aromatic carbocycles. The molecule has 0 saturated carbocycles. The van der Waals surface area contributed by atoms with Gasteiger partial charge in [0.2, 0.25) is 0 Å². The molecule has 3 heterocycles. The van der Waals surface area contributed by atoms with Crippen LogP contribution in [0.15, 0.2) is 62.1 Å². The molecular weight excluding hydrogens is 472 g/mol. The number of aromatic nitrogens is 1. The van der Waals surface area contributed by atoms with Gasteiger partial charge in [-0.05, 0) is 50.6 Å². The molecule has 4 rings (SSSR count). The van der Waals surface area contributed by atoms with Crippen molar-refractivity contribution in [2.75, 3.05) is 13.2 Å². The van der Waals surface area contributed by atoms with E-state index < -0.39 is 18.0 Å². The quantitative estimate of drug-likeness (QED) is 0.365. The molecule has 35 heavy (non-hydrogen) atoms. The number of nitrogens with zero attached hydrogens (tertiary/aromatic N) is 2. The highest BCUT2D eigenvalue weighted by Gasteiger charge is 2.34. The van der Waals surface area contributed by atoms with Gasteiger partial charge in [-0.2, -0.15) is 0 Å². The van der Waals surface area contributed by atoms with Crippen molar-refractivity contribution >= 4 is 29.4 Å². The van der Waals surface area contributed by atoms with Gasteiger partial charge in [0.25, 0.3) is 5.56 Å². The molecule has 0 radical (unpaired) electrons. The van der Waals surface area contributed by atoms with E-state index >= 15 is 0 Å². The van der Waals surface area contributed by atoms with Crippen molar-refractivity contribution in [3.8, 4) is 11.5 Å².